The first kappa shape index (κ1) is 34.9. The molecule has 0 radical (unpaired) electrons. The topological polar surface area (TPSA) is 177 Å². The SMILES string of the molecule is CCOC(=O)C1=C(C(OC)c2nnn(CCNS(=O)(=O)c3cccc4cccnc34)n2)NC(C)=C(C(=O)OC)C1c1cccc(Cl)c1Cl. The van der Waals surface area contributed by atoms with Crippen LogP contribution in [0.1, 0.15) is 37.3 Å². The Hall–Kier alpha value is -4.41. The van der Waals surface area contributed by atoms with Crippen molar-refractivity contribution in [2.45, 2.75) is 37.3 Å². The number of halogens is 2. The molecule has 1 aliphatic heterocycles. The molecule has 0 spiro atoms. The summed E-state index contributed by atoms with van der Waals surface area (Å²) < 4.78 is 45.1. The van der Waals surface area contributed by atoms with Gasteiger partial charge in [0.2, 0.25) is 15.8 Å². The molecule has 0 saturated heterocycles. The van der Waals surface area contributed by atoms with Gasteiger partial charge in [0.15, 0.2) is 6.10 Å². The van der Waals surface area contributed by atoms with Gasteiger partial charge in [0, 0.05) is 30.9 Å². The van der Waals surface area contributed by atoms with Gasteiger partial charge in [0.25, 0.3) is 0 Å². The highest BCUT2D eigenvalue weighted by atomic mass is 35.5. The van der Waals surface area contributed by atoms with Crippen LogP contribution in [0, 0.1) is 0 Å². The first-order chi connectivity index (χ1) is 23.0. The van der Waals surface area contributed by atoms with E-state index in [0.717, 1.165) is 0 Å². The predicted molar refractivity (Wildman–Crippen MR) is 175 cm³/mol. The lowest BCUT2D eigenvalue weighted by atomic mass is 9.79. The zero-order chi connectivity index (χ0) is 34.6. The van der Waals surface area contributed by atoms with Gasteiger partial charge in [0.05, 0.1) is 58.6 Å². The zero-order valence-corrected chi connectivity index (χ0v) is 28.6. The van der Waals surface area contributed by atoms with Crippen molar-refractivity contribution < 1.29 is 32.2 Å². The summed E-state index contributed by atoms with van der Waals surface area (Å²) in [7, 11) is -1.32. The highest BCUT2D eigenvalue weighted by Crippen LogP contribution is 2.45. The monoisotopic (exact) mass is 715 g/mol. The number of aromatic nitrogens is 5. The molecule has 1 aliphatic rings. The van der Waals surface area contributed by atoms with Crippen molar-refractivity contribution >= 4 is 56.1 Å². The molecule has 48 heavy (non-hydrogen) atoms. The van der Waals surface area contributed by atoms with Crippen LogP contribution >= 0.6 is 23.2 Å². The van der Waals surface area contributed by atoms with Crippen LogP contribution in [0.5, 0.6) is 0 Å². The van der Waals surface area contributed by atoms with E-state index in [0.29, 0.717) is 22.2 Å². The Kier molecular flexibility index (Phi) is 10.8. The number of hydrogen-bond acceptors (Lipinski definition) is 12. The van der Waals surface area contributed by atoms with Gasteiger partial charge in [0.1, 0.15) is 4.90 Å². The Bertz CT molecular complexity index is 2040. The van der Waals surface area contributed by atoms with Crippen molar-refractivity contribution in [3.05, 3.63) is 98.7 Å². The van der Waals surface area contributed by atoms with Crippen molar-refractivity contribution in [3.8, 4) is 0 Å². The minimum atomic E-state index is -3.93. The van der Waals surface area contributed by atoms with Crippen molar-refractivity contribution in [3.63, 3.8) is 0 Å². The van der Waals surface area contributed by atoms with Crippen molar-refractivity contribution in [1.29, 1.82) is 0 Å². The first-order valence-electron chi connectivity index (χ1n) is 14.6. The van der Waals surface area contributed by atoms with Crippen LogP contribution in [0.25, 0.3) is 10.9 Å². The maximum Gasteiger partial charge on any atom is 0.336 e. The number of tetrazole rings is 1. The number of fused-ring (bicyclic) bond motifs is 1. The van der Waals surface area contributed by atoms with Crippen LogP contribution in [0.15, 0.2) is 82.2 Å². The number of sulfonamides is 1. The van der Waals surface area contributed by atoms with Gasteiger partial charge in [-0.05, 0) is 42.8 Å². The van der Waals surface area contributed by atoms with Gasteiger partial charge in [-0.2, -0.15) is 4.80 Å². The van der Waals surface area contributed by atoms with E-state index in [-0.39, 0.29) is 57.3 Å². The first-order valence-corrected chi connectivity index (χ1v) is 16.8. The normalized spacial score (nSPS) is 15.8. The number of benzene rings is 2. The summed E-state index contributed by atoms with van der Waals surface area (Å²) >= 11 is 13.0. The number of methoxy groups -OCH3 is 2. The number of carbonyl (C=O) groups is 2. The minimum Gasteiger partial charge on any atom is -0.466 e. The molecule has 2 aromatic carbocycles. The van der Waals surface area contributed by atoms with Crippen LogP contribution in [0.2, 0.25) is 10.0 Å². The fourth-order valence-electron chi connectivity index (χ4n) is 5.39. The van der Waals surface area contributed by atoms with Crippen molar-refractivity contribution in [2.24, 2.45) is 0 Å². The summed E-state index contributed by atoms with van der Waals surface area (Å²) in [4.78, 5) is 32.3. The number of ether oxygens (including phenoxy) is 3. The molecule has 0 bridgehead atoms. The third kappa shape index (κ3) is 6.91. The molecular weight excluding hydrogens is 685 g/mol. The number of nitrogens with zero attached hydrogens (tertiary/aromatic N) is 5. The molecule has 5 rings (SSSR count). The Morgan fingerprint density at radius 1 is 1.06 bits per heavy atom. The van der Waals surface area contributed by atoms with E-state index in [1.54, 1.807) is 56.3 Å². The molecule has 17 heteroatoms. The molecule has 4 aromatic rings. The standard InChI is InChI=1S/C31H31Cl2N7O7S/c1-5-47-31(42)24-23(19-11-7-12-20(32)25(19)33)22(30(41)46-4)17(2)36-27(24)28(45-3)29-37-39-40(38-29)16-15-35-48(43,44)21-13-6-9-18-10-8-14-34-26(18)21/h6-14,23,28,35-36H,5,15-16H2,1-4H3. The molecule has 0 fully saturated rings. The number of rotatable bonds is 12. The molecule has 0 aliphatic carbocycles. The maximum absolute atomic E-state index is 13.7. The number of pyridine rings is 1. The minimum absolute atomic E-state index is 0.00420. The molecule has 252 valence electrons. The largest absolute Gasteiger partial charge is 0.466 e. The van der Waals surface area contributed by atoms with E-state index in [9.17, 15) is 18.0 Å². The summed E-state index contributed by atoms with van der Waals surface area (Å²) in [6, 6.07) is 13.3. The summed E-state index contributed by atoms with van der Waals surface area (Å²) in [5.74, 6) is -2.51. The number of carbonyl (C=O) groups excluding carboxylic acids is 2. The third-order valence-corrected chi connectivity index (χ3v) is 9.80. The number of allylic oxidation sites excluding steroid dienone is 1. The lowest BCUT2D eigenvalue weighted by Crippen LogP contribution is -2.36. The Morgan fingerprint density at radius 2 is 1.81 bits per heavy atom. The fraction of sp³-hybridized carbons (Fsp3) is 0.290. The van der Waals surface area contributed by atoms with E-state index in [2.05, 4.69) is 30.4 Å². The molecular formula is C31H31Cl2N7O7S. The van der Waals surface area contributed by atoms with Crippen LogP contribution in [0.4, 0.5) is 0 Å². The van der Waals surface area contributed by atoms with Crippen LogP contribution in [-0.4, -0.2) is 72.9 Å². The highest BCUT2D eigenvalue weighted by molar-refractivity contribution is 7.89. The molecule has 2 aromatic heterocycles. The second-order valence-electron chi connectivity index (χ2n) is 10.4. The lowest BCUT2D eigenvalue weighted by Gasteiger charge is -2.33. The maximum atomic E-state index is 13.7. The molecule has 2 unspecified atom stereocenters. The van der Waals surface area contributed by atoms with Gasteiger partial charge < -0.3 is 19.5 Å². The van der Waals surface area contributed by atoms with E-state index in [1.165, 1.54) is 31.3 Å². The number of esters is 2. The summed E-state index contributed by atoms with van der Waals surface area (Å²) in [5.41, 5.74) is 1.31. The molecule has 2 atom stereocenters. The van der Waals surface area contributed by atoms with Crippen molar-refractivity contribution in [2.75, 3.05) is 27.4 Å². The average molecular weight is 717 g/mol. The quantitative estimate of drug-likeness (QED) is 0.203. The van der Waals surface area contributed by atoms with Gasteiger partial charge in [-0.1, -0.05) is 53.5 Å². The molecule has 0 amide bonds. The molecule has 14 nitrogen and oxygen atoms in total. The number of dihydropyridines is 1. The summed E-state index contributed by atoms with van der Waals surface area (Å²) in [6.45, 7) is 3.23. The Labute approximate surface area is 286 Å². The predicted octanol–water partition coefficient (Wildman–Crippen LogP) is 3.85. The van der Waals surface area contributed by atoms with Crippen molar-refractivity contribution in [1.82, 2.24) is 35.2 Å². The van der Waals surface area contributed by atoms with Gasteiger partial charge in [-0.15, -0.1) is 10.2 Å². The summed E-state index contributed by atoms with van der Waals surface area (Å²) in [6.07, 6.45) is 0.406. The van der Waals surface area contributed by atoms with E-state index < -0.39 is 34.0 Å². The second kappa shape index (κ2) is 14.8. The van der Waals surface area contributed by atoms with Gasteiger partial charge in [-0.3, -0.25) is 4.98 Å². The number of hydrogen-bond donors (Lipinski definition) is 2. The smallest absolute Gasteiger partial charge is 0.336 e. The van der Waals surface area contributed by atoms with Crippen LogP contribution in [-0.2, 0) is 40.4 Å². The highest BCUT2D eigenvalue weighted by Gasteiger charge is 2.43. The van der Waals surface area contributed by atoms with E-state index >= 15 is 0 Å². The second-order valence-corrected chi connectivity index (χ2v) is 12.9. The zero-order valence-electron chi connectivity index (χ0n) is 26.2. The lowest BCUT2D eigenvalue weighted by molar-refractivity contribution is -0.139. The van der Waals surface area contributed by atoms with E-state index in [4.69, 9.17) is 37.4 Å². The number of para-hydroxylation sites is 1. The molecule has 0 saturated carbocycles. The van der Waals surface area contributed by atoms with Gasteiger partial charge >= 0.3 is 11.9 Å². The number of nitrogens with one attached hydrogen (secondary N) is 2. The van der Waals surface area contributed by atoms with Crippen LogP contribution < -0.4 is 10.0 Å². The Balaban J connectivity index is 1.48. The van der Waals surface area contributed by atoms with Crippen LogP contribution in [0.3, 0.4) is 0 Å². The average Bonchev–Trinajstić information content (AvgIpc) is 3.53. The molecule has 3 heterocycles. The summed E-state index contributed by atoms with van der Waals surface area (Å²) in [5, 5.41) is 16.7. The third-order valence-electron chi connectivity index (χ3n) is 7.48. The fourth-order valence-corrected chi connectivity index (χ4v) is 7.01. The van der Waals surface area contributed by atoms with E-state index in [1.807, 2.05) is 0 Å². The van der Waals surface area contributed by atoms with Gasteiger partial charge in [-0.25, -0.2) is 22.7 Å². The molecule has 2 N–H and O–H groups in total. The Morgan fingerprint density at radius 3 is 2.54 bits per heavy atom.